The molecule has 3 rings (SSSR count). The number of aromatic nitrogens is 2. The summed E-state index contributed by atoms with van der Waals surface area (Å²) in [7, 11) is 1.82. The zero-order valence-electron chi connectivity index (χ0n) is 15.9. The molecule has 1 atom stereocenters. The standard InChI is InChI=1S/C20H27N5S.HI/c1-16(13-17-7-5-12-26-17)14-23-20(21-2)22-10-6-11-25-15-24-18-8-3-4-9-19(18)25;/h3-5,7-9,12,15-16H,6,10-11,13-14H2,1-2H3,(H2,21,22,23);1H. The molecule has 2 N–H and O–H groups in total. The summed E-state index contributed by atoms with van der Waals surface area (Å²) in [6.45, 7) is 5.01. The molecule has 0 spiro atoms. The highest BCUT2D eigenvalue weighted by Crippen LogP contribution is 2.14. The second-order valence-corrected chi connectivity index (χ2v) is 7.58. The molecular weight excluding hydrogens is 469 g/mol. The summed E-state index contributed by atoms with van der Waals surface area (Å²) in [5.74, 6) is 1.45. The van der Waals surface area contributed by atoms with Crippen LogP contribution < -0.4 is 10.6 Å². The van der Waals surface area contributed by atoms with E-state index in [-0.39, 0.29) is 24.0 Å². The minimum atomic E-state index is 0. The van der Waals surface area contributed by atoms with E-state index >= 15 is 0 Å². The number of halogens is 1. The van der Waals surface area contributed by atoms with Gasteiger partial charge in [0.15, 0.2) is 5.96 Å². The summed E-state index contributed by atoms with van der Waals surface area (Å²) in [5.41, 5.74) is 2.25. The van der Waals surface area contributed by atoms with E-state index in [1.807, 2.05) is 36.8 Å². The van der Waals surface area contributed by atoms with Crippen molar-refractivity contribution in [3.8, 4) is 0 Å². The molecule has 0 aliphatic heterocycles. The second-order valence-electron chi connectivity index (χ2n) is 6.55. The van der Waals surface area contributed by atoms with E-state index in [1.165, 1.54) is 10.4 Å². The van der Waals surface area contributed by atoms with Gasteiger partial charge in [0.1, 0.15) is 0 Å². The molecule has 0 bridgehead atoms. The van der Waals surface area contributed by atoms with Gasteiger partial charge < -0.3 is 15.2 Å². The second kappa shape index (κ2) is 11.3. The molecule has 0 fully saturated rings. The van der Waals surface area contributed by atoms with Gasteiger partial charge in [-0.3, -0.25) is 4.99 Å². The summed E-state index contributed by atoms with van der Waals surface area (Å²) in [6, 6.07) is 12.6. The SMILES string of the molecule is CN=C(NCCCn1cnc2ccccc21)NCC(C)Cc1cccs1.I. The Balaban J connectivity index is 0.00000261. The first-order valence-corrected chi connectivity index (χ1v) is 10.0. The molecule has 3 aromatic rings. The molecule has 27 heavy (non-hydrogen) atoms. The highest BCUT2D eigenvalue weighted by Gasteiger charge is 2.06. The molecule has 7 heteroatoms. The van der Waals surface area contributed by atoms with E-state index in [0.29, 0.717) is 5.92 Å². The van der Waals surface area contributed by atoms with Crippen LogP contribution in [0.5, 0.6) is 0 Å². The number of hydrogen-bond acceptors (Lipinski definition) is 3. The Morgan fingerprint density at radius 3 is 2.85 bits per heavy atom. The van der Waals surface area contributed by atoms with Crippen LogP contribution in [0, 0.1) is 5.92 Å². The molecule has 0 amide bonds. The van der Waals surface area contributed by atoms with Gasteiger partial charge >= 0.3 is 0 Å². The van der Waals surface area contributed by atoms with Gasteiger partial charge in [-0.2, -0.15) is 0 Å². The number of nitrogens with one attached hydrogen (secondary N) is 2. The summed E-state index contributed by atoms with van der Waals surface area (Å²) in [6.07, 6.45) is 4.05. The number of thiophene rings is 1. The minimum absolute atomic E-state index is 0. The molecule has 0 saturated heterocycles. The van der Waals surface area contributed by atoms with E-state index in [0.717, 1.165) is 44.0 Å². The number of aliphatic imine (C=N–C) groups is 1. The third-order valence-electron chi connectivity index (χ3n) is 4.37. The van der Waals surface area contributed by atoms with Gasteiger partial charge in [0.2, 0.25) is 0 Å². The van der Waals surface area contributed by atoms with Crippen LogP contribution in [0.15, 0.2) is 53.1 Å². The molecule has 0 aliphatic rings. The van der Waals surface area contributed by atoms with Crippen LogP contribution in [0.25, 0.3) is 11.0 Å². The monoisotopic (exact) mass is 497 g/mol. The van der Waals surface area contributed by atoms with Crippen molar-refractivity contribution in [2.24, 2.45) is 10.9 Å². The van der Waals surface area contributed by atoms with Gasteiger partial charge in [-0.25, -0.2) is 4.98 Å². The molecular formula is C20H28IN5S. The van der Waals surface area contributed by atoms with E-state index in [9.17, 15) is 0 Å². The van der Waals surface area contributed by atoms with Crippen molar-refractivity contribution < 1.29 is 0 Å². The molecule has 0 aliphatic carbocycles. The van der Waals surface area contributed by atoms with E-state index in [1.54, 1.807) is 0 Å². The van der Waals surface area contributed by atoms with Crippen LogP contribution in [-0.2, 0) is 13.0 Å². The van der Waals surface area contributed by atoms with Crippen molar-refractivity contribution >= 4 is 52.3 Å². The lowest BCUT2D eigenvalue weighted by atomic mass is 10.1. The quantitative estimate of drug-likeness (QED) is 0.213. The highest BCUT2D eigenvalue weighted by atomic mass is 127. The van der Waals surface area contributed by atoms with Gasteiger partial charge in [0.05, 0.1) is 17.4 Å². The number of aryl methyl sites for hydroxylation is 1. The third kappa shape index (κ3) is 6.49. The first-order chi connectivity index (χ1) is 12.8. The van der Waals surface area contributed by atoms with Crippen molar-refractivity contribution in [3.05, 3.63) is 53.0 Å². The molecule has 2 heterocycles. The third-order valence-corrected chi connectivity index (χ3v) is 5.27. The lowest BCUT2D eigenvalue weighted by molar-refractivity contribution is 0.559. The lowest BCUT2D eigenvalue weighted by Crippen LogP contribution is -2.40. The molecule has 1 unspecified atom stereocenters. The Hall–Kier alpha value is -1.61. The van der Waals surface area contributed by atoms with Gasteiger partial charge in [0, 0.05) is 31.6 Å². The average molecular weight is 497 g/mol. The summed E-state index contributed by atoms with van der Waals surface area (Å²) < 4.78 is 2.20. The van der Waals surface area contributed by atoms with Crippen molar-refractivity contribution in [1.29, 1.82) is 0 Å². The van der Waals surface area contributed by atoms with Crippen molar-refractivity contribution in [3.63, 3.8) is 0 Å². The number of guanidine groups is 1. The molecule has 146 valence electrons. The molecule has 0 saturated carbocycles. The fourth-order valence-corrected chi connectivity index (χ4v) is 3.85. The van der Waals surface area contributed by atoms with E-state index < -0.39 is 0 Å². The maximum Gasteiger partial charge on any atom is 0.190 e. The van der Waals surface area contributed by atoms with Crippen LogP contribution in [0.4, 0.5) is 0 Å². The Bertz CT molecular complexity index is 828. The summed E-state index contributed by atoms with van der Waals surface area (Å²) in [4.78, 5) is 10.2. The topological polar surface area (TPSA) is 54.2 Å². The van der Waals surface area contributed by atoms with Gasteiger partial charge in [0.25, 0.3) is 0 Å². The van der Waals surface area contributed by atoms with Crippen LogP contribution in [0.3, 0.4) is 0 Å². The average Bonchev–Trinajstić information content (AvgIpc) is 3.31. The molecule has 5 nitrogen and oxygen atoms in total. The van der Waals surface area contributed by atoms with Crippen molar-refractivity contribution in [2.45, 2.75) is 26.3 Å². The van der Waals surface area contributed by atoms with Crippen LogP contribution in [-0.4, -0.2) is 35.6 Å². The summed E-state index contributed by atoms with van der Waals surface area (Å²) in [5, 5.41) is 8.97. The Morgan fingerprint density at radius 2 is 2.07 bits per heavy atom. The van der Waals surface area contributed by atoms with E-state index in [4.69, 9.17) is 0 Å². The number of imidazole rings is 1. The zero-order chi connectivity index (χ0) is 18.2. The predicted octanol–water partition coefficient (Wildman–Crippen LogP) is 4.15. The number of hydrogen-bond donors (Lipinski definition) is 2. The normalized spacial score (nSPS) is 12.6. The first-order valence-electron chi connectivity index (χ1n) is 9.13. The van der Waals surface area contributed by atoms with E-state index in [2.05, 4.69) is 61.7 Å². The predicted molar refractivity (Wildman–Crippen MR) is 126 cm³/mol. The fourth-order valence-electron chi connectivity index (χ4n) is 2.98. The maximum atomic E-state index is 4.44. The smallest absolute Gasteiger partial charge is 0.190 e. The maximum absolute atomic E-state index is 4.44. The fraction of sp³-hybridized carbons (Fsp3) is 0.400. The molecule has 2 aromatic heterocycles. The Kier molecular flexibility index (Phi) is 9.06. The highest BCUT2D eigenvalue weighted by molar-refractivity contribution is 14.0. The number of fused-ring (bicyclic) bond motifs is 1. The molecule has 0 radical (unpaired) electrons. The van der Waals surface area contributed by atoms with Gasteiger partial charge in [-0.15, -0.1) is 35.3 Å². The zero-order valence-corrected chi connectivity index (χ0v) is 19.0. The summed E-state index contributed by atoms with van der Waals surface area (Å²) >= 11 is 1.83. The van der Waals surface area contributed by atoms with Gasteiger partial charge in [-0.1, -0.05) is 25.1 Å². The number of para-hydroxylation sites is 2. The van der Waals surface area contributed by atoms with Crippen molar-refractivity contribution in [1.82, 2.24) is 20.2 Å². The molecule has 1 aromatic carbocycles. The van der Waals surface area contributed by atoms with Crippen molar-refractivity contribution in [2.75, 3.05) is 20.1 Å². The lowest BCUT2D eigenvalue weighted by Gasteiger charge is -2.15. The Morgan fingerprint density at radius 1 is 1.22 bits per heavy atom. The Labute approximate surface area is 182 Å². The van der Waals surface area contributed by atoms with Gasteiger partial charge in [-0.05, 0) is 42.3 Å². The van der Waals surface area contributed by atoms with Crippen LogP contribution in [0.1, 0.15) is 18.2 Å². The van der Waals surface area contributed by atoms with Crippen LogP contribution in [0.2, 0.25) is 0 Å². The number of benzene rings is 1. The first kappa shape index (κ1) is 21.7. The van der Waals surface area contributed by atoms with Crippen LogP contribution >= 0.6 is 35.3 Å². The minimum Gasteiger partial charge on any atom is -0.356 e. The number of rotatable bonds is 8. The largest absolute Gasteiger partial charge is 0.356 e. The number of nitrogens with zero attached hydrogens (tertiary/aromatic N) is 3.